The van der Waals surface area contributed by atoms with Crippen molar-refractivity contribution < 1.29 is 12.3 Å². The summed E-state index contributed by atoms with van der Waals surface area (Å²) in [7, 11) is -0.750. The Kier molecular flexibility index (Phi) is 12600. The molecule has 0 aromatic rings. The van der Waals surface area contributed by atoms with Gasteiger partial charge < -0.3 is 0 Å². The maximum absolute atomic E-state index is 5.88. The summed E-state index contributed by atoms with van der Waals surface area (Å²) in [5.74, 6) is 0. The van der Waals surface area contributed by atoms with Crippen molar-refractivity contribution in [1.29, 1.82) is 0 Å². The first-order valence-electron chi connectivity index (χ1n) is 6.61. The average Bonchev–Trinajstić information content (AvgIpc) is 2.23. The summed E-state index contributed by atoms with van der Waals surface area (Å²) >= 11 is 0. The number of hydrogen-bond acceptors (Lipinski definition) is 0. The largest absolute Gasteiger partial charge is 0.124 e. The molecular weight excluding hydrogens is 264 g/mol. The van der Waals surface area contributed by atoms with Gasteiger partial charge in [0.15, 0.2) is 0 Å². The Hall–Kier alpha value is -1.32. The van der Waals surface area contributed by atoms with Gasteiger partial charge in [0.25, 0.3) is 0 Å². The third-order valence-corrected chi connectivity index (χ3v) is 0. The van der Waals surface area contributed by atoms with Crippen LogP contribution in [0.1, 0.15) is 131 Å². The minimum Gasteiger partial charge on any atom is -0.124 e. The lowest BCUT2D eigenvalue weighted by molar-refractivity contribution is 2.50. The molecule has 0 aliphatic heterocycles. The van der Waals surface area contributed by atoms with E-state index < -0.39 is 0 Å². The Morgan fingerprint density at radius 3 is 0.364 bits per heavy atom. The molecule has 0 unspecified atom stereocenters. The third-order valence-electron chi connectivity index (χ3n) is 0. The molecule has 0 aromatic carbocycles. The smallest absolute Gasteiger partial charge is 0.124 e. The van der Waals surface area contributed by atoms with E-state index in [1.54, 1.807) is 0 Å². The van der Waals surface area contributed by atoms with E-state index in [4.69, 9.17) is 12.3 Å². The number of terminal acetylenes is 3. The molecule has 0 bridgehead atoms. The molecule has 0 aliphatic rings. The lowest BCUT2D eigenvalue weighted by Crippen LogP contribution is -0.576. The van der Waals surface area contributed by atoms with Crippen LogP contribution in [0.2, 0.25) is 0 Å². The van der Waals surface area contributed by atoms with Crippen molar-refractivity contribution in [2.24, 2.45) is 0 Å². The zero-order chi connectivity index (χ0) is 16.2. The summed E-state index contributed by atoms with van der Waals surface area (Å²) in [6.07, 6.45) is 17.3. The molecule has 158 valence electrons. The molecule has 0 aliphatic carbocycles. The molecule has 0 fully saturated rings. The highest BCUT2D eigenvalue weighted by Gasteiger charge is 0.458. The van der Waals surface area contributed by atoms with Crippen molar-refractivity contribution in [3.05, 3.63) is 0 Å². The lowest BCUT2D eigenvalue weighted by atomic mass is 11.4. The van der Waals surface area contributed by atoms with Gasteiger partial charge in [0.05, 0.1) is 0 Å². The van der Waals surface area contributed by atoms with E-state index in [2.05, 4.69) is 19.3 Å². The summed E-state index contributed by atoms with van der Waals surface area (Å²) in [4.78, 5) is 0. The first-order chi connectivity index (χ1) is 8.49. The first kappa shape index (κ1) is 70.2. The van der Waals surface area contributed by atoms with Gasteiger partial charge in [0.2, 0.25) is 0 Å². The molecule has 0 N–H and O–H groups in total. The second-order valence-corrected chi connectivity index (χ2v) is 0. The molecule has 0 spiro atoms. The fourth-order valence-electron chi connectivity index (χ4n) is 0. The van der Waals surface area contributed by atoms with Crippen molar-refractivity contribution in [2.75, 3.05) is 0 Å². The van der Waals surface area contributed by atoms with E-state index in [-0.39, 0.29) is 119 Å². The van der Waals surface area contributed by atoms with Crippen molar-refractivity contribution in [2.45, 2.75) is 119 Å². The second-order valence-electron chi connectivity index (χ2n) is 0. The summed E-state index contributed by atoms with van der Waals surface area (Å²) in [6.45, 7) is 0. The quantitative estimate of drug-likeness (QED) is 0.380. The van der Waals surface area contributed by atoms with E-state index in [0.29, 0.717) is 0 Å². The normalized spacial score (nSPS) is 3.95. The lowest BCUT2D eigenvalue weighted by Gasteiger charge is -0.701. The Bertz CT molecular complexity index is 150. The van der Waals surface area contributed by atoms with E-state index in [1.165, 1.54) is 19.2 Å². The number of hydrogen-bond donors (Lipinski definition) is 0. The van der Waals surface area contributed by atoms with Crippen LogP contribution in [0, 0.1) is 38.5 Å². The van der Waals surface area contributed by atoms with Crippen LogP contribution in [0.25, 0.3) is 0 Å². The Morgan fingerprint density at radius 1 is 0.364 bits per heavy atom. The number of rotatable bonds is 0. The van der Waals surface area contributed by atoms with Gasteiger partial charge in [-0.1, -0.05) is 119 Å². The summed E-state index contributed by atoms with van der Waals surface area (Å²) < 4.78 is 52.5. The zero-order valence-electron chi connectivity index (χ0n) is 14.4. The standard InChI is InChI=1S/3C2H2.16CH4/c3*1-2;;;;;;;;;;;;;;;;/h3*1-2H;16*1H4/i3*1T;3*1T2;;;;;;;;;;;;;. The Morgan fingerprint density at radius 2 is 0.364 bits per heavy atom. The fraction of sp³-hybridized carbons (Fsp3) is 0.727. The zero-order valence-corrected chi connectivity index (χ0v) is 5.35. The van der Waals surface area contributed by atoms with Gasteiger partial charge in [-0.15, -0.1) is 38.5 Å². The monoisotopic (exact) mass is 353 g/mol. The van der Waals surface area contributed by atoms with Gasteiger partial charge in [-0.05, 0) is 0 Å². The predicted octanol–water partition coefficient (Wildman–Crippen LogP) is 10.9. The molecule has 22 heavy (non-hydrogen) atoms. The molecule has 0 heteroatoms. The van der Waals surface area contributed by atoms with Crippen LogP contribution in [-0.2, 0) is 0 Å². The SMILES string of the molecule is C.C.C.C.C.C.C.C.C.C.C.C.C.[3H]C#C.[3H]C#C.[3H]C#C.[3H]C[3H].[3H]C[3H].[3H]C[3H]. The topological polar surface area (TPSA) is 0 Å². The first-order valence-corrected chi connectivity index (χ1v) is 0.866. The molecule has 0 amide bonds. The average molecular weight is 353 g/mol. The summed E-state index contributed by atoms with van der Waals surface area (Å²) in [6, 6.07) is 0. The van der Waals surface area contributed by atoms with Crippen molar-refractivity contribution in [3.8, 4) is 38.5 Å². The Balaban J connectivity index is -0.00000000303. The molecule has 0 rings (SSSR count). The van der Waals surface area contributed by atoms with E-state index in [1.807, 2.05) is 0 Å². The summed E-state index contributed by atoms with van der Waals surface area (Å²) in [5.41, 5.74) is 0. The van der Waals surface area contributed by atoms with Crippen molar-refractivity contribution >= 4 is 0 Å². The minimum atomic E-state index is -0.250. The van der Waals surface area contributed by atoms with E-state index in [9.17, 15) is 0 Å². The van der Waals surface area contributed by atoms with Crippen LogP contribution < -0.4 is 0 Å². The van der Waals surface area contributed by atoms with Gasteiger partial charge in [-0.25, -0.2) is 0 Å². The molecule has 0 saturated heterocycles. The van der Waals surface area contributed by atoms with Crippen LogP contribution in [0.15, 0.2) is 0 Å². The summed E-state index contributed by atoms with van der Waals surface area (Å²) in [5, 5.41) is 0. The van der Waals surface area contributed by atoms with E-state index >= 15 is 0 Å². The molecule has 0 nitrogen and oxygen atoms in total. The molecule has 0 aromatic heterocycles. The van der Waals surface area contributed by atoms with Crippen LogP contribution in [0.4, 0.5) is 0 Å². The highest BCUT2D eigenvalue weighted by Crippen LogP contribution is 0.583. The van der Waals surface area contributed by atoms with Crippen LogP contribution >= 0.6 is 0 Å². The Labute approximate surface area is 170 Å². The maximum atomic E-state index is 5.88. The van der Waals surface area contributed by atoms with Gasteiger partial charge >= 0.3 is 0 Å². The van der Waals surface area contributed by atoms with Gasteiger partial charge in [-0.2, -0.15) is 0 Å². The van der Waals surface area contributed by atoms with Crippen molar-refractivity contribution in [3.63, 3.8) is 0 Å². The van der Waals surface area contributed by atoms with Gasteiger partial charge in [0, 0.05) is 8.22 Å². The van der Waals surface area contributed by atoms with Crippen LogP contribution in [0.5, 0.6) is 0 Å². The highest BCUT2D eigenvalue weighted by atomic mass is 12.6. The third kappa shape index (κ3) is 3350. The van der Waals surface area contributed by atoms with E-state index in [0.717, 1.165) is 0 Å². The fourth-order valence-corrected chi connectivity index (χ4v) is 0. The van der Waals surface area contributed by atoms with Gasteiger partial charge in [-0.3, -0.25) is 0 Å². The molecule has 0 saturated carbocycles. The molecular formula is C22H70. The van der Waals surface area contributed by atoms with Crippen LogP contribution in [0.3, 0.4) is 0 Å². The molecule has 0 atom stereocenters. The minimum absolute atomic E-state index is 0. The van der Waals surface area contributed by atoms with Crippen LogP contribution in [-0.4, -0.2) is 0 Å². The molecule has 0 radical (unpaired) electrons. The second kappa shape index (κ2) is 3940. The highest BCUT2D eigenvalue weighted by molar-refractivity contribution is 4.47. The van der Waals surface area contributed by atoms with Gasteiger partial charge in [0.1, 0.15) is 4.11 Å². The predicted molar refractivity (Wildman–Crippen MR) is 137 cm³/mol. The maximum Gasteiger partial charge on any atom is 0.124 e. The molecule has 0 heterocycles. The van der Waals surface area contributed by atoms with Crippen molar-refractivity contribution in [1.82, 2.24) is 0 Å².